The second-order valence-electron chi connectivity index (χ2n) is 9.03. The van der Waals surface area contributed by atoms with Gasteiger partial charge in [0.25, 0.3) is 5.56 Å². The maximum atomic E-state index is 12.6. The number of carbonyl (C=O) groups excluding carboxylic acids is 1. The Morgan fingerprint density at radius 1 is 1.13 bits per heavy atom. The van der Waals surface area contributed by atoms with Crippen molar-refractivity contribution >= 4 is 11.6 Å². The zero-order valence-corrected chi connectivity index (χ0v) is 18.3. The molecular weight excluding hydrogens is 380 g/mol. The van der Waals surface area contributed by atoms with E-state index in [9.17, 15) is 9.59 Å². The van der Waals surface area contributed by atoms with E-state index < -0.39 is 0 Å². The average molecular weight is 417 g/mol. The number of rotatable bonds is 9. The van der Waals surface area contributed by atoms with E-state index in [1.54, 1.807) is 16.9 Å². The van der Waals surface area contributed by atoms with Gasteiger partial charge in [0.2, 0.25) is 5.91 Å². The number of aromatic nitrogens is 2. The standard InChI is InChI=1S/C22H36N6O2/c1-2-25-10-12-26(13-11-25)8-3-7-23-22(30)19-6-9-27(17-19)20-14-21(29)28(24-15-20)16-18-4-5-18/h14-15,18-19H,2-13,16-17H2,1H3,(H,23,30). The molecule has 3 heterocycles. The zero-order valence-electron chi connectivity index (χ0n) is 18.3. The van der Waals surface area contributed by atoms with Crippen LogP contribution in [-0.4, -0.2) is 84.4 Å². The molecule has 3 aliphatic rings. The molecule has 2 aliphatic heterocycles. The van der Waals surface area contributed by atoms with Gasteiger partial charge in [-0.2, -0.15) is 5.10 Å². The predicted octanol–water partition coefficient (Wildman–Crippen LogP) is 0.623. The molecule has 1 unspecified atom stereocenters. The van der Waals surface area contributed by atoms with Crippen LogP contribution in [-0.2, 0) is 11.3 Å². The van der Waals surface area contributed by atoms with Crippen molar-refractivity contribution < 1.29 is 4.79 Å². The highest BCUT2D eigenvalue weighted by molar-refractivity contribution is 5.80. The number of hydrogen-bond acceptors (Lipinski definition) is 6. The Morgan fingerprint density at radius 2 is 1.90 bits per heavy atom. The fraction of sp³-hybridized carbons (Fsp3) is 0.773. The predicted molar refractivity (Wildman–Crippen MR) is 118 cm³/mol. The van der Waals surface area contributed by atoms with Gasteiger partial charge in [0.1, 0.15) is 0 Å². The Bertz CT molecular complexity index is 769. The maximum absolute atomic E-state index is 12.6. The van der Waals surface area contributed by atoms with E-state index in [0.717, 1.165) is 77.4 Å². The van der Waals surface area contributed by atoms with Crippen LogP contribution in [0.25, 0.3) is 0 Å². The molecule has 4 rings (SSSR count). The number of carbonyl (C=O) groups is 1. The molecule has 8 heteroatoms. The SMILES string of the molecule is CCN1CCN(CCCNC(=O)C2CCN(c3cnn(CC4CC4)c(=O)c3)C2)CC1. The summed E-state index contributed by atoms with van der Waals surface area (Å²) < 4.78 is 1.57. The van der Waals surface area contributed by atoms with E-state index in [0.29, 0.717) is 12.5 Å². The Morgan fingerprint density at radius 3 is 2.60 bits per heavy atom. The Balaban J connectivity index is 1.16. The lowest BCUT2D eigenvalue weighted by Gasteiger charge is -2.34. The zero-order chi connectivity index (χ0) is 20.9. The highest BCUT2D eigenvalue weighted by Crippen LogP contribution is 2.30. The van der Waals surface area contributed by atoms with Crippen molar-refractivity contribution in [2.45, 2.75) is 39.2 Å². The lowest BCUT2D eigenvalue weighted by Crippen LogP contribution is -2.46. The van der Waals surface area contributed by atoms with Gasteiger partial charge in [0.05, 0.1) is 17.8 Å². The van der Waals surface area contributed by atoms with Gasteiger partial charge < -0.3 is 20.0 Å². The van der Waals surface area contributed by atoms with Crippen LogP contribution in [0.15, 0.2) is 17.1 Å². The van der Waals surface area contributed by atoms with Crippen molar-refractivity contribution in [1.82, 2.24) is 24.9 Å². The largest absolute Gasteiger partial charge is 0.369 e. The molecule has 1 aliphatic carbocycles. The van der Waals surface area contributed by atoms with Crippen LogP contribution in [0.3, 0.4) is 0 Å². The number of hydrogen-bond donors (Lipinski definition) is 1. The minimum absolute atomic E-state index is 0.00741. The van der Waals surface area contributed by atoms with Gasteiger partial charge in [0, 0.05) is 58.4 Å². The fourth-order valence-corrected chi connectivity index (χ4v) is 4.48. The molecule has 0 spiro atoms. The van der Waals surface area contributed by atoms with E-state index in [-0.39, 0.29) is 17.4 Å². The first-order valence-electron chi connectivity index (χ1n) is 11.7. The first-order valence-corrected chi connectivity index (χ1v) is 11.7. The molecule has 3 fully saturated rings. The van der Waals surface area contributed by atoms with Gasteiger partial charge in [-0.1, -0.05) is 6.92 Å². The summed E-state index contributed by atoms with van der Waals surface area (Å²) in [6.45, 7) is 11.9. The van der Waals surface area contributed by atoms with Gasteiger partial charge >= 0.3 is 0 Å². The van der Waals surface area contributed by atoms with Gasteiger partial charge in [-0.05, 0) is 44.7 Å². The number of nitrogens with zero attached hydrogens (tertiary/aromatic N) is 5. The molecule has 30 heavy (non-hydrogen) atoms. The van der Waals surface area contributed by atoms with Crippen molar-refractivity contribution in [2.24, 2.45) is 11.8 Å². The second-order valence-corrected chi connectivity index (χ2v) is 9.03. The molecule has 8 nitrogen and oxygen atoms in total. The molecule has 0 radical (unpaired) electrons. The molecule has 1 aromatic heterocycles. The van der Waals surface area contributed by atoms with E-state index in [1.165, 1.54) is 12.8 Å². The molecule has 1 atom stereocenters. The van der Waals surface area contributed by atoms with Crippen LogP contribution in [0.4, 0.5) is 5.69 Å². The molecule has 1 N–H and O–H groups in total. The van der Waals surface area contributed by atoms with Crippen molar-refractivity contribution in [1.29, 1.82) is 0 Å². The van der Waals surface area contributed by atoms with Crippen LogP contribution in [0.5, 0.6) is 0 Å². The van der Waals surface area contributed by atoms with Crippen molar-refractivity contribution in [3.05, 3.63) is 22.6 Å². The number of piperazine rings is 1. The molecule has 0 aromatic carbocycles. The first-order chi connectivity index (χ1) is 14.6. The molecule has 0 bridgehead atoms. The smallest absolute Gasteiger partial charge is 0.268 e. The topological polar surface area (TPSA) is 73.7 Å². The van der Waals surface area contributed by atoms with Crippen LogP contribution in [0.1, 0.15) is 32.6 Å². The molecule has 1 saturated carbocycles. The third kappa shape index (κ3) is 5.60. The second kappa shape index (κ2) is 9.92. The van der Waals surface area contributed by atoms with E-state index in [1.807, 2.05) is 0 Å². The van der Waals surface area contributed by atoms with E-state index in [4.69, 9.17) is 0 Å². The number of nitrogens with one attached hydrogen (secondary N) is 1. The molecular formula is C22H36N6O2. The third-order valence-electron chi connectivity index (χ3n) is 6.77. The van der Waals surface area contributed by atoms with Crippen LogP contribution < -0.4 is 15.8 Å². The summed E-state index contributed by atoms with van der Waals surface area (Å²) in [4.78, 5) is 32.0. The lowest BCUT2D eigenvalue weighted by atomic mass is 10.1. The Hall–Kier alpha value is -1.93. The van der Waals surface area contributed by atoms with Gasteiger partial charge in [-0.25, -0.2) is 4.68 Å². The average Bonchev–Trinajstić information content (AvgIpc) is 3.44. The van der Waals surface area contributed by atoms with Crippen LogP contribution >= 0.6 is 0 Å². The van der Waals surface area contributed by atoms with Gasteiger partial charge in [-0.15, -0.1) is 0 Å². The third-order valence-corrected chi connectivity index (χ3v) is 6.77. The normalized spacial score (nSPS) is 23.1. The highest BCUT2D eigenvalue weighted by atomic mass is 16.2. The molecule has 1 amide bonds. The fourth-order valence-electron chi connectivity index (χ4n) is 4.48. The van der Waals surface area contributed by atoms with Crippen LogP contribution in [0.2, 0.25) is 0 Å². The summed E-state index contributed by atoms with van der Waals surface area (Å²) in [6.07, 6.45) is 6.01. The number of amides is 1. The summed E-state index contributed by atoms with van der Waals surface area (Å²) in [6, 6.07) is 1.67. The van der Waals surface area contributed by atoms with Gasteiger partial charge in [0.15, 0.2) is 0 Å². The van der Waals surface area contributed by atoms with Crippen LogP contribution in [0, 0.1) is 11.8 Å². The molecule has 1 aromatic rings. The first kappa shape index (κ1) is 21.3. The minimum atomic E-state index is -0.0351. The minimum Gasteiger partial charge on any atom is -0.369 e. The number of likely N-dealkylation sites (N-methyl/N-ethyl adjacent to an activating group) is 1. The summed E-state index contributed by atoms with van der Waals surface area (Å²) in [5.41, 5.74) is 0.806. The summed E-state index contributed by atoms with van der Waals surface area (Å²) in [5, 5.41) is 7.46. The highest BCUT2D eigenvalue weighted by Gasteiger charge is 2.29. The Labute approximate surface area is 179 Å². The van der Waals surface area contributed by atoms with Crippen molar-refractivity contribution in [3.8, 4) is 0 Å². The number of anilines is 1. The Kier molecular flexibility index (Phi) is 7.04. The van der Waals surface area contributed by atoms with E-state index >= 15 is 0 Å². The molecule has 2 saturated heterocycles. The summed E-state index contributed by atoms with van der Waals surface area (Å²) in [7, 11) is 0. The maximum Gasteiger partial charge on any atom is 0.268 e. The van der Waals surface area contributed by atoms with E-state index in [2.05, 4.69) is 32.0 Å². The quantitative estimate of drug-likeness (QED) is 0.595. The lowest BCUT2D eigenvalue weighted by molar-refractivity contribution is -0.124. The summed E-state index contributed by atoms with van der Waals surface area (Å²) >= 11 is 0. The van der Waals surface area contributed by atoms with Gasteiger partial charge in [-0.3, -0.25) is 9.59 Å². The van der Waals surface area contributed by atoms with Crippen molar-refractivity contribution in [2.75, 3.05) is 63.8 Å². The summed E-state index contributed by atoms with van der Waals surface area (Å²) in [5.74, 6) is 0.761. The molecule has 166 valence electrons. The monoisotopic (exact) mass is 416 g/mol. The van der Waals surface area contributed by atoms with Crippen molar-refractivity contribution in [3.63, 3.8) is 0 Å².